The highest BCUT2D eigenvalue weighted by molar-refractivity contribution is 5.95. The number of carbonyl (C=O) groups is 2. The van der Waals surface area contributed by atoms with Crippen LogP contribution >= 0.6 is 0 Å². The molecule has 0 heterocycles. The lowest BCUT2D eigenvalue weighted by molar-refractivity contribution is 0.0936. The second-order valence-electron chi connectivity index (χ2n) is 5.10. The summed E-state index contributed by atoms with van der Waals surface area (Å²) in [6.45, 7) is 0.180. The van der Waals surface area contributed by atoms with Gasteiger partial charge >= 0.3 is 6.03 Å². The van der Waals surface area contributed by atoms with Gasteiger partial charge in [-0.3, -0.25) is 10.2 Å². The maximum absolute atomic E-state index is 11.9. The minimum Gasteiger partial charge on any atom is -0.493 e. The standard InChI is InChI=1S/C18H18N4O4/c1-25-15-5-3-4-14(16(15)26-2)11-20-18(24)22-21-17(23)13-8-6-12(10-19)7-9-13/h3-9H,11H2,1-2H3,(H,21,23)(H2,20,22,24). The molecule has 0 spiro atoms. The molecule has 0 fully saturated rings. The predicted molar refractivity (Wildman–Crippen MR) is 93.5 cm³/mol. The van der Waals surface area contributed by atoms with Gasteiger partial charge in [0.1, 0.15) is 0 Å². The van der Waals surface area contributed by atoms with E-state index in [0.29, 0.717) is 22.6 Å². The molecule has 0 radical (unpaired) electrons. The summed E-state index contributed by atoms with van der Waals surface area (Å²) in [5.74, 6) is 0.585. The average molecular weight is 354 g/mol. The molecule has 0 aliphatic heterocycles. The topological polar surface area (TPSA) is 112 Å². The lowest BCUT2D eigenvalue weighted by Crippen LogP contribution is -2.46. The molecule has 26 heavy (non-hydrogen) atoms. The van der Waals surface area contributed by atoms with Crippen LogP contribution in [0, 0.1) is 11.3 Å². The van der Waals surface area contributed by atoms with Gasteiger partial charge in [0.2, 0.25) is 0 Å². The van der Waals surface area contributed by atoms with Crippen molar-refractivity contribution in [3.63, 3.8) is 0 Å². The maximum Gasteiger partial charge on any atom is 0.333 e. The van der Waals surface area contributed by atoms with Crippen LogP contribution in [0.5, 0.6) is 11.5 Å². The Labute approximate surface area is 150 Å². The normalized spacial score (nSPS) is 9.58. The number of benzene rings is 2. The second kappa shape index (κ2) is 8.94. The van der Waals surface area contributed by atoms with Crippen LogP contribution in [0.15, 0.2) is 42.5 Å². The van der Waals surface area contributed by atoms with Crippen molar-refractivity contribution in [2.75, 3.05) is 14.2 Å². The van der Waals surface area contributed by atoms with Crippen LogP contribution in [0.4, 0.5) is 4.79 Å². The zero-order valence-corrected chi connectivity index (χ0v) is 14.3. The van der Waals surface area contributed by atoms with Crippen molar-refractivity contribution in [2.24, 2.45) is 0 Å². The van der Waals surface area contributed by atoms with Crippen molar-refractivity contribution in [1.82, 2.24) is 16.2 Å². The lowest BCUT2D eigenvalue weighted by atomic mass is 10.1. The van der Waals surface area contributed by atoms with E-state index >= 15 is 0 Å². The van der Waals surface area contributed by atoms with Gasteiger partial charge in [-0.05, 0) is 30.3 Å². The molecule has 2 aromatic carbocycles. The van der Waals surface area contributed by atoms with E-state index in [0.717, 1.165) is 5.56 Å². The van der Waals surface area contributed by atoms with E-state index in [1.807, 2.05) is 6.07 Å². The Morgan fingerprint density at radius 3 is 2.38 bits per heavy atom. The quantitative estimate of drug-likeness (QED) is 0.708. The number of nitrogens with one attached hydrogen (secondary N) is 3. The Bertz CT molecular complexity index is 828. The summed E-state index contributed by atoms with van der Waals surface area (Å²) in [5, 5.41) is 11.3. The molecule has 0 unspecified atom stereocenters. The van der Waals surface area contributed by atoms with Gasteiger partial charge in [0.05, 0.1) is 25.9 Å². The third kappa shape index (κ3) is 4.64. The van der Waals surface area contributed by atoms with Gasteiger partial charge in [-0.25, -0.2) is 10.2 Å². The highest BCUT2D eigenvalue weighted by Gasteiger charge is 2.11. The molecule has 0 saturated carbocycles. The number of hydrogen-bond acceptors (Lipinski definition) is 5. The van der Waals surface area contributed by atoms with Crippen LogP contribution in [0.2, 0.25) is 0 Å². The zero-order chi connectivity index (χ0) is 18.9. The fourth-order valence-electron chi connectivity index (χ4n) is 2.19. The first-order valence-corrected chi connectivity index (χ1v) is 7.63. The van der Waals surface area contributed by atoms with E-state index < -0.39 is 11.9 Å². The number of urea groups is 1. The molecule has 0 aliphatic rings. The van der Waals surface area contributed by atoms with E-state index in [1.165, 1.54) is 38.5 Å². The van der Waals surface area contributed by atoms with Gasteiger partial charge in [-0.15, -0.1) is 0 Å². The number of nitrogens with zero attached hydrogens (tertiary/aromatic N) is 1. The molecular weight excluding hydrogens is 336 g/mol. The third-order valence-electron chi connectivity index (χ3n) is 3.49. The van der Waals surface area contributed by atoms with Crippen molar-refractivity contribution >= 4 is 11.9 Å². The number of carbonyl (C=O) groups excluding carboxylic acids is 2. The fourth-order valence-corrected chi connectivity index (χ4v) is 2.19. The van der Waals surface area contributed by atoms with Crippen molar-refractivity contribution in [1.29, 1.82) is 5.26 Å². The number of nitriles is 1. The summed E-state index contributed by atoms with van der Waals surface area (Å²) in [6.07, 6.45) is 0. The van der Waals surface area contributed by atoms with Crippen molar-refractivity contribution < 1.29 is 19.1 Å². The summed E-state index contributed by atoms with van der Waals surface area (Å²) in [5.41, 5.74) is 6.03. The number of methoxy groups -OCH3 is 2. The molecule has 3 N–H and O–H groups in total. The maximum atomic E-state index is 11.9. The monoisotopic (exact) mass is 354 g/mol. The van der Waals surface area contributed by atoms with Crippen LogP contribution in [-0.2, 0) is 6.54 Å². The van der Waals surface area contributed by atoms with Crippen LogP contribution < -0.4 is 25.6 Å². The summed E-state index contributed by atoms with van der Waals surface area (Å²) < 4.78 is 10.5. The molecule has 8 heteroatoms. The largest absolute Gasteiger partial charge is 0.493 e. The van der Waals surface area contributed by atoms with Crippen LogP contribution in [-0.4, -0.2) is 26.2 Å². The van der Waals surface area contributed by atoms with E-state index in [2.05, 4.69) is 16.2 Å². The molecule has 2 rings (SSSR count). The van der Waals surface area contributed by atoms with Crippen molar-refractivity contribution in [2.45, 2.75) is 6.54 Å². The fraction of sp³-hybridized carbons (Fsp3) is 0.167. The van der Waals surface area contributed by atoms with Gasteiger partial charge in [-0.1, -0.05) is 12.1 Å². The molecule has 2 aromatic rings. The van der Waals surface area contributed by atoms with Crippen LogP contribution in [0.1, 0.15) is 21.5 Å². The van der Waals surface area contributed by atoms with E-state index in [-0.39, 0.29) is 6.54 Å². The Balaban J connectivity index is 1.87. The smallest absolute Gasteiger partial charge is 0.333 e. The van der Waals surface area contributed by atoms with E-state index in [4.69, 9.17) is 14.7 Å². The Morgan fingerprint density at radius 1 is 1.04 bits per heavy atom. The zero-order valence-electron chi connectivity index (χ0n) is 14.3. The molecule has 0 aliphatic carbocycles. The molecular formula is C18H18N4O4. The van der Waals surface area contributed by atoms with Crippen LogP contribution in [0.3, 0.4) is 0 Å². The average Bonchev–Trinajstić information content (AvgIpc) is 2.69. The second-order valence-corrected chi connectivity index (χ2v) is 5.10. The molecule has 0 saturated heterocycles. The SMILES string of the molecule is COc1cccc(CNC(=O)NNC(=O)c2ccc(C#N)cc2)c1OC. The van der Waals surface area contributed by atoms with Crippen LogP contribution in [0.25, 0.3) is 0 Å². The molecule has 8 nitrogen and oxygen atoms in total. The molecule has 0 aromatic heterocycles. The summed E-state index contributed by atoms with van der Waals surface area (Å²) >= 11 is 0. The summed E-state index contributed by atoms with van der Waals surface area (Å²) in [6, 6.07) is 12.7. The van der Waals surface area contributed by atoms with Gasteiger partial charge in [0, 0.05) is 17.7 Å². The summed E-state index contributed by atoms with van der Waals surface area (Å²) in [4.78, 5) is 23.8. The summed E-state index contributed by atoms with van der Waals surface area (Å²) in [7, 11) is 3.04. The highest BCUT2D eigenvalue weighted by Crippen LogP contribution is 2.30. The number of hydrogen-bond donors (Lipinski definition) is 3. The Morgan fingerprint density at radius 2 is 1.77 bits per heavy atom. The highest BCUT2D eigenvalue weighted by atomic mass is 16.5. The van der Waals surface area contributed by atoms with Gasteiger partial charge in [-0.2, -0.15) is 5.26 Å². The molecule has 3 amide bonds. The van der Waals surface area contributed by atoms with Gasteiger partial charge in [0.15, 0.2) is 11.5 Å². The first-order valence-electron chi connectivity index (χ1n) is 7.63. The van der Waals surface area contributed by atoms with E-state index in [9.17, 15) is 9.59 Å². The van der Waals surface area contributed by atoms with Gasteiger partial charge < -0.3 is 14.8 Å². The van der Waals surface area contributed by atoms with E-state index in [1.54, 1.807) is 18.2 Å². The third-order valence-corrected chi connectivity index (χ3v) is 3.49. The first kappa shape index (κ1) is 18.6. The molecule has 0 bridgehead atoms. The minimum absolute atomic E-state index is 0.180. The van der Waals surface area contributed by atoms with Crippen molar-refractivity contribution in [3.8, 4) is 17.6 Å². The first-order chi connectivity index (χ1) is 12.6. The Kier molecular flexibility index (Phi) is 6.40. The molecule has 134 valence electrons. The van der Waals surface area contributed by atoms with Gasteiger partial charge in [0.25, 0.3) is 5.91 Å². The lowest BCUT2D eigenvalue weighted by Gasteiger charge is -2.13. The predicted octanol–water partition coefficient (Wildman–Crippen LogP) is 1.72. The molecule has 0 atom stereocenters. The number of hydrazine groups is 1. The minimum atomic E-state index is -0.586. The number of amides is 3. The van der Waals surface area contributed by atoms with Crippen molar-refractivity contribution in [3.05, 3.63) is 59.2 Å². The number of rotatable bonds is 5. The number of ether oxygens (including phenoxy) is 2. The Hall–Kier alpha value is -3.73. The number of para-hydroxylation sites is 1.